The highest BCUT2D eigenvalue weighted by Gasteiger charge is 2.10. The Balaban J connectivity index is 2.39. The summed E-state index contributed by atoms with van der Waals surface area (Å²) in [5, 5.41) is 3.49. The molecular weight excluding hydrogens is 232 g/mol. The Kier molecular flexibility index (Phi) is 7.57. The summed E-state index contributed by atoms with van der Waals surface area (Å²) in [4.78, 5) is 0. The minimum atomic E-state index is 0.546. The molecule has 0 radical (unpaired) electrons. The van der Waals surface area contributed by atoms with E-state index in [1.54, 1.807) is 0 Å². The van der Waals surface area contributed by atoms with E-state index in [1.807, 2.05) is 0 Å². The quantitative estimate of drug-likeness (QED) is 0.659. The van der Waals surface area contributed by atoms with Gasteiger partial charge < -0.3 is 11.1 Å². The maximum Gasteiger partial charge on any atom is 0.0340 e. The second kappa shape index (κ2) is 8.98. The van der Waals surface area contributed by atoms with Crippen molar-refractivity contribution in [3.63, 3.8) is 0 Å². The van der Waals surface area contributed by atoms with Gasteiger partial charge in [0.1, 0.15) is 0 Å². The second-order valence-electron chi connectivity index (χ2n) is 5.77. The number of hydrogen-bond acceptors (Lipinski definition) is 2. The van der Waals surface area contributed by atoms with Crippen LogP contribution < -0.4 is 11.1 Å². The van der Waals surface area contributed by atoms with Crippen LogP contribution in [-0.4, -0.2) is 13.1 Å². The van der Waals surface area contributed by atoms with Crippen LogP contribution in [-0.2, 0) is 6.42 Å². The van der Waals surface area contributed by atoms with Crippen LogP contribution >= 0.6 is 0 Å². The maximum atomic E-state index is 5.79. The topological polar surface area (TPSA) is 38.0 Å². The van der Waals surface area contributed by atoms with Crippen molar-refractivity contribution in [2.45, 2.75) is 46.5 Å². The molecule has 1 unspecified atom stereocenters. The minimum Gasteiger partial charge on any atom is -0.385 e. The number of nitrogens with two attached hydrogens (primary N) is 1. The van der Waals surface area contributed by atoms with E-state index in [-0.39, 0.29) is 0 Å². The molecule has 1 aromatic carbocycles. The summed E-state index contributed by atoms with van der Waals surface area (Å²) >= 11 is 0. The molecule has 0 heterocycles. The summed E-state index contributed by atoms with van der Waals surface area (Å²) in [7, 11) is 0. The number of nitrogens with one attached hydrogen (secondary N) is 1. The average molecular weight is 262 g/mol. The van der Waals surface area contributed by atoms with E-state index < -0.39 is 0 Å². The van der Waals surface area contributed by atoms with Crippen LogP contribution in [0.25, 0.3) is 0 Å². The summed E-state index contributed by atoms with van der Waals surface area (Å²) in [6.07, 6.45) is 5.11. The predicted octanol–water partition coefficient (Wildman–Crippen LogP) is 4.06. The Morgan fingerprint density at radius 1 is 1.11 bits per heavy atom. The van der Waals surface area contributed by atoms with E-state index >= 15 is 0 Å². The van der Waals surface area contributed by atoms with Gasteiger partial charge in [0.25, 0.3) is 0 Å². The molecule has 0 aromatic heterocycles. The predicted molar refractivity (Wildman–Crippen MR) is 85.5 cm³/mol. The van der Waals surface area contributed by atoms with Crippen LogP contribution in [0.2, 0.25) is 0 Å². The molecule has 0 spiro atoms. The van der Waals surface area contributed by atoms with Crippen molar-refractivity contribution in [1.82, 2.24) is 0 Å². The molecule has 0 aliphatic heterocycles. The Hall–Kier alpha value is -1.02. The molecule has 1 rings (SSSR count). The Morgan fingerprint density at radius 3 is 2.32 bits per heavy atom. The molecular formula is C17H30N2. The minimum absolute atomic E-state index is 0.546. The van der Waals surface area contributed by atoms with Crippen molar-refractivity contribution in [1.29, 1.82) is 0 Å². The highest BCUT2D eigenvalue weighted by molar-refractivity contribution is 5.44. The highest BCUT2D eigenvalue weighted by atomic mass is 14.9. The van der Waals surface area contributed by atoms with Gasteiger partial charge in [0.05, 0.1) is 0 Å². The zero-order chi connectivity index (χ0) is 14.1. The fourth-order valence-corrected chi connectivity index (χ4v) is 2.21. The first-order valence-electron chi connectivity index (χ1n) is 7.70. The van der Waals surface area contributed by atoms with Crippen LogP contribution in [0.1, 0.15) is 45.6 Å². The van der Waals surface area contributed by atoms with Gasteiger partial charge in [-0.1, -0.05) is 45.7 Å². The smallest absolute Gasteiger partial charge is 0.0340 e. The lowest BCUT2D eigenvalue weighted by atomic mass is 9.96. The van der Waals surface area contributed by atoms with Gasteiger partial charge in [-0.2, -0.15) is 0 Å². The molecule has 0 saturated heterocycles. The van der Waals surface area contributed by atoms with Gasteiger partial charge in [0.2, 0.25) is 0 Å². The van der Waals surface area contributed by atoms with Crippen molar-refractivity contribution < 1.29 is 0 Å². The SMILES string of the molecule is CCCCCc1ccc(NCC(CN)C(C)C)cc1. The monoisotopic (exact) mass is 262 g/mol. The largest absolute Gasteiger partial charge is 0.385 e. The first-order valence-corrected chi connectivity index (χ1v) is 7.70. The zero-order valence-corrected chi connectivity index (χ0v) is 12.8. The van der Waals surface area contributed by atoms with Crippen LogP contribution in [0, 0.1) is 11.8 Å². The highest BCUT2D eigenvalue weighted by Crippen LogP contribution is 2.15. The van der Waals surface area contributed by atoms with E-state index in [9.17, 15) is 0 Å². The standard InChI is InChI=1S/C17H30N2/c1-4-5-6-7-15-8-10-17(11-9-15)19-13-16(12-18)14(2)3/h8-11,14,16,19H,4-7,12-13,18H2,1-3H3. The number of hydrogen-bond donors (Lipinski definition) is 2. The molecule has 19 heavy (non-hydrogen) atoms. The van der Waals surface area contributed by atoms with Crippen LogP contribution in [0.4, 0.5) is 5.69 Å². The molecule has 0 saturated carbocycles. The molecule has 0 fully saturated rings. The van der Waals surface area contributed by atoms with E-state index in [0.29, 0.717) is 11.8 Å². The third-order valence-electron chi connectivity index (χ3n) is 3.84. The van der Waals surface area contributed by atoms with Crippen molar-refractivity contribution in [2.75, 3.05) is 18.4 Å². The molecule has 2 nitrogen and oxygen atoms in total. The molecule has 1 aromatic rings. The lowest BCUT2D eigenvalue weighted by molar-refractivity contribution is 0.413. The fourth-order valence-electron chi connectivity index (χ4n) is 2.21. The lowest BCUT2D eigenvalue weighted by Gasteiger charge is -2.20. The van der Waals surface area contributed by atoms with Gasteiger partial charge in [-0.15, -0.1) is 0 Å². The Bertz CT molecular complexity index is 330. The average Bonchev–Trinajstić information content (AvgIpc) is 2.41. The van der Waals surface area contributed by atoms with Crippen LogP contribution in [0.15, 0.2) is 24.3 Å². The normalized spacial score (nSPS) is 12.7. The van der Waals surface area contributed by atoms with E-state index in [2.05, 4.69) is 50.4 Å². The Morgan fingerprint density at radius 2 is 1.79 bits per heavy atom. The third-order valence-corrected chi connectivity index (χ3v) is 3.84. The lowest BCUT2D eigenvalue weighted by Crippen LogP contribution is -2.27. The molecule has 2 heteroatoms. The molecule has 0 bridgehead atoms. The molecule has 3 N–H and O–H groups in total. The summed E-state index contributed by atoms with van der Waals surface area (Å²) in [6, 6.07) is 8.86. The van der Waals surface area contributed by atoms with Crippen molar-refractivity contribution in [3.8, 4) is 0 Å². The number of anilines is 1. The summed E-state index contributed by atoms with van der Waals surface area (Å²) in [6.45, 7) is 8.42. The number of benzene rings is 1. The van der Waals surface area contributed by atoms with E-state index in [1.165, 1.54) is 36.9 Å². The molecule has 0 amide bonds. The Labute approximate surface area is 118 Å². The molecule has 1 atom stereocenters. The zero-order valence-electron chi connectivity index (χ0n) is 12.8. The van der Waals surface area contributed by atoms with Gasteiger partial charge in [-0.25, -0.2) is 0 Å². The maximum absolute atomic E-state index is 5.79. The van der Waals surface area contributed by atoms with Crippen molar-refractivity contribution >= 4 is 5.69 Å². The molecule has 0 aliphatic rings. The van der Waals surface area contributed by atoms with Gasteiger partial charge >= 0.3 is 0 Å². The third kappa shape index (κ3) is 6.11. The van der Waals surface area contributed by atoms with Crippen LogP contribution in [0.3, 0.4) is 0 Å². The molecule has 108 valence electrons. The van der Waals surface area contributed by atoms with E-state index in [4.69, 9.17) is 5.73 Å². The van der Waals surface area contributed by atoms with Crippen LogP contribution in [0.5, 0.6) is 0 Å². The summed E-state index contributed by atoms with van der Waals surface area (Å²) in [5.74, 6) is 1.18. The fraction of sp³-hybridized carbons (Fsp3) is 0.647. The summed E-state index contributed by atoms with van der Waals surface area (Å²) < 4.78 is 0. The van der Waals surface area contributed by atoms with Gasteiger partial charge in [0.15, 0.2) is 0 Å². The van der Waals surface area contributed by atoms with E-state index in [0.717, 1.165) is 13.1 Å². The number of aryl methyl sites for hydroxylation is 1. The first-order chi connectivity index (χ1) is 9.17. The van der Waals surface area contributed by atoms with Crippen molar-refractivity contribution in [3.05, 3.63) is 29.8 Å². The van der Waals surface area contributed by atoms with Gasteiger partial charge in [-0.05, 0) is 48.9 Å². The molecule has 0 aliphatic carbocycles. The number of unbranched alkanes of at least 4 members (excludes halogenated alkanes) is 2. The van der Waals surface area contributed by atoms with Gasteiger partial charge in [0, 0.05) is 12.2 Å². The second-order valence-corrected chi connectivity index (χ2v) is 5.77. The van der Waals surface area contributed by atoms with Gasteiger partial charge in [-0.3, -0.25) is 0 Å². The first kappa shape index (κ1) is 16.0. The number of rotatable bonds is 9. The van der Waals surface area contributed by atoms with Crippen molar-refractivity contribution in [2.24, 2.45) is 17.6 Å². The summed E-state index contributed by atoms with van der Waals surface area (Å²) in [5.41, 5.74) is 8.44.